The molecule has 102 valence electrons. The quantitative estimate of drug-likeness (QED) is 0.607. The van der Waals surface area contributed by atoms with Crippen LogP contribution in [0.5, 0.6) is 0 Å². The number of carbonyl (C=O) groups excluding carboxylic acids is 1. The lowest BCUT2D eigenvalue weighted by molar-refractivity contribution is -0.151. The molecular formula is C13H22N2O3. The van der Waals surface area contributed by atoms with Gasteiger partial charge in [0, 0.05) is 5.54 Å². The summed E-state index contributed by atoms with van der Waals surface area (Å²) in [6.45, 7) is 8.58. The number of terminal acetylenes is 1. The molecule has 0 aliphatic heterocycles. The summed E-state index contributed by atoms with van der Waals surface area (Å²) in [5, 5.41) is 14.8. The van der Waals surface area contributed by atoms with Gasteiger partial charge in [0.15, 0.2) is 0 Å². The first-order valence-corrected chi connectivity index (χ1v) is 5.78. The van der Waals surface area contributed by atoms with Gasteiger partial charge in [-0.1, -0.05) is 5.92 Å². The largest absolute Gasteiger partial charge is 0.481 e. The normalized spacial score (nSPS) is 13.6. The highest BCUT2D eigenvalue weighted by Gasteiger charge is 2.44. The summed E-state index contributed by atoms with van der Waals surface area (Å²) in [5.41, 5.74) is -1.75. The van der Waals surface area contributed by atoms with Crippen LogP contribution < -0.4 is 10.6 Å². The molecule has 0 fully saturated rings. The maximum atomic E-state index is 11.7. The Hall–Kier alpha value is -1.54. The van der Waals surface area contributed by atoms with E-state index in [0.29, 0.717) is 0 Å². The van der Waals surface area contributed by atoms with Crippen LogP contribution in [0.25, 0.3) is 0 Å². The van der Waals surface area contributed by atoms with E-state index in [4.69, 9.17) is 6.42 Å². The van der Waals surface area contributed by atoms with Crippen molar-refractivity contribution in [2.45, 2.75) is 46.2 Å². The molecule has 1 amide bonds. The fourth-order valence-corrected chi connectivity index (χ4v) is 1.35. The minimum atomic E-state index is -1.01. The van der Waals surface area contributed by atoms with Gasteiger partial charge in [-0.05, 0) is 34.6 Å². The third-order valence-corrected chi connectivity index (χ3v) is 3.43. The van der Waals surface area contributed by atoms with E-state index in [1.807, 2.05) is 0 Å². The second-order valence-electron chi connectivity index (χ2n) is 5.34. The lowest BCUT2D eigenvalue weighted by Gasteiger charge is -2.40. The Kier molecular flexibility index (Phi) is 5.37. The van der Waals surface area contributed by atoms with Gasteiger partial charge in [-0.2, -0.15) is 0 Å². The SMILES string of the molecule is C#CCNC(=O)C(C)NC(C)(C)C(C)(C)C(=O)O. The van der Waals surface area contributed by atoms with Gasteiger partial charge in [0.25, 0.3) is 0 Å². The van der Waals surface area contributed by atoms with Crippen LogP contribution in [0.2, 0.25) is 0 Å². The molecule has 0 rings (SSSR count). The van der Waals surface area contributed by atoms with Gasteiger partial charge in [0.05, 0.1) is 18.0 Å². The van der Waals surface area contributed by atoms with Gasteiger partial charge in [0.2, 0.25) is 5.91 Å². The van der Waals surface area contributed by atoms with Crippen molar-refractivity contribution < 1.29 is 14.7 Å². The summed E-state index contributed by atoms with van der Waals surface area (Å²) in [7, 11) is 0. The van der Waals surface area contributed by atoms with E-state index in [1.165, 1.54) is 0 Å². The van der Waals surface area contributed by atoms with E-state index >= 15 is 0 Å². The summed E-state index contributed by atoms with van der Waals surface area (Å²) in [6.07, 6.45) is 5.05. The first kappa shape index (κ1) is 16.5. The Balaban J connectivity index is 4.73. The van der Waals surface area contributed by atoms with Gasteiger partial charge < -0.3 is 10.4 Å². The molecule has 0 saturated carbocycles. The van der Waals surface area contributed by atoms with Gasteiger partial charge >= 0.3 is 5.97 Å². The standard InChI is InChI=1S/C13H22N2O3/c1-7-8-14-10(16)9(2)15-13(5,6)12(3,4)11(17)18/h1,9,15H,8H2,2-6H3,(H,14,16)(H,17,18). The van der Waals surface area contributed by atoms with Crippen LogP contribution in [0.15, 0.2) is 0 Å². The van der Waals surface area contributed by atoms with Crippen molar-refractivity contribution in [1.82, 2.24) is 10.6 Å². The molecule has 0 saturated heterocycles. The second-order valence-corrected chi connectivity index (χ2v) is 5.34. The molecule has 0 spiro atoms. The number of nitrogens with one attached hydrogen (secondary N) is 2. The summed E-state index contributed by atoms with van der Waals surface area (Å²) in [6, 6.07) is -0.521. The van der Waals surface area contributed by atoms with Crippen molar-refractivity contribution in [1.29, 1.82) is 0 Å². The Morgan fingerprint density at radius 2 is 1.83 bits per heavy atom. The third-order valence-electron chi connectivity index (χ3n) is 3.43. The summed E-state index contributed by atoms with van der Waals surface area (Å²) in [4.78, 5) is 22.9. The van der Waals surface area contributed by atoms with Crippen LogP contribution >= 0.6 is 0 Å². The Labute approximate surface area is 108 Å². The molecule has 5 nitrogen and oxygen atoms in total. The molecular weight excluding hydrogens is 232 g/mol. The average Bonchev–Trinajstić information content (AvgIpc) is 2.24. The van der Waals surface area contributed by atoms with Crippen LogP contribution in [0, 0.1) is 17.8 Å². The Bertz CT molecular complexity index is 367. The first-order chi connectivity index (χ1) is 8.06. The molecule has 0 aromatic heterocycles. The van der Waals surface area contributed by atoms with Crippen molar-refractivity contribution in [2.24, 2.45) is 5.41 Å². The highest BCUT2D eigenvalue weighted by molar-refractivity contribution is 5.82. The molecule has 0 aliphatic rings. The highest BCUT2D eigenvalue weighted by Crippen LogP contribution is 2.31. The molecule has 18 heavy (non-hydrogen) atoms. The van der Waals surface area contributed by atoms with E-state index in [-0.39, 0.29) is 12.5 Å². The summed E-state index contributed by atoms with van der Waals surface area (Å²) < 4.78 is 0. The molecule has 0 radical (unpaired) electrons. The molecule has 1 atom stereocenters. The maximum Gasteiger partial charge on any atom is 0.310 e. The van der Waals surface area contributed by atoms with E-state index in [9.17, 15) is 14.7 Å². The third kappa shape index (κ3) is 3.74. The Morgan fingerprint density at radius 3 is 2.22 bits per heavy atom. The molecule has 0 bridgehead atoms. The predicted molar refractivity (Wildman–Crippen MR) is 69.9 cm³/mol. The van der Waals surface area contributed by atoms with Gasteiger partial charge in [0.1, 0.15) is 0 Å². The van der Waals surface area contributed by atoms with Crippen molar-refractivity contribution in [3.8, 4) is 12.3 Å². The molecule has 0 aliphatic carbocycles. The second kappa shape index (κ2) is 5.87. The zero-order valence-electron chi connectivity index (χ0n) is 11.6. The minimum Gasteiger partial charge on any atom is -0.481 e. The van der Waals surface area contributed by atoms with Gasteiger partial charge in [-0.15, -0.1) is 6.42 Å². The zero-order valence-corrected chi connectivity index (χ0v) is 11.6. The van der Waals surface area contributed by atoms with Crippen LogP contribution in [-0.2, 0) is 9.59 Å². The Morgan fingerprint density at radius 1 is 1.33 bits per heavy atom. The topological polar surface area (TPSA) is 78.4 Å². The summed E-state index contributed by atoms with van der Waals surface area (Å²) in [5.74, 6) is 1.14. The van der Waals surface area contributed by atoms with Gasteiger partial charge in [-0.25, -0.2) is 0 Å². The number of hydrogen-bond acceptors (Lipinski definition) is 3. The van der Waals surface area contributed by atoms with Crippen molar-refractivity contribution in [3.63, 3.8) is 0 Å². The van der Waals surface area contributed by atoms with Crippen molar-refractivity contribution >= 4 is 11.9 Å². The number of aliphatic carboxylic acids is 1. The van der Waals surface area contributed by atoms with Crippen molar-refractivity contribution in [2.75, 3.05) is 6.54 Å². The van der Waals surface area contributed by atoms with Crippen LogP contribution in [0.4, 0.5) is 0 Å². The molecule has 0 aromatic rings. The molecule has 1 unspecified atom stereocenters. The number of carboxylic acids is 1. The van der Waals surface area contributed by atoms with Crippen LogP contribution in [0.3, 0.4) is 0 Å². The first-order valence-electron chi connectivity index (χ1n) is 5.78. The predicted octanol–water partition coefficient (Wildman–Crippen LogP) is 0.603. The highest BCUT2D eigenvalue weighted by atomic mass is 16.4. The molecule has 5 heteroatoms. The van der Waals surface area contributed by atoms with E-state index in [0.717, 1.165) is 0 Å². The number of carboxylic acid groups (broad SMARTS) is 1. The number of carbonyl (C=O) groups is 2. The molecule has 0 heterocycles. The monoisotopic (exact) mass is 254 g/mol. The maximum absolute atomic E-state index is 11.7. The van der Waals surface area contributed by atoms with Crippen LogP contribution in [0.1, 0.15) is 34.6 Å². The lowest BCUT2D eigenvalue weighted by atomic mass is 9.74. The number of hydrogen-bond donors (Lipinski definition) is 3. The van der Waals surface area contributed by atoms with Gasteiger partial charge in [-0.3, -0.25) is 14.9 Å². The minimum absolute atomic E-state index is 0.160. The fraction of sp³-hybridized carbons (Fsp3) is 0.692. The molecule has 0 aromatic carbocycles. The zero-order chi connectivity index (χ0) is 14.6. The van der Waals surface area contributed by atoms with Crippen LogP contribution in [-0.4, -0.2) is 35.1 Å². The molecule has 3 N–H and O–H groups in total. The number of amides is 1. The smallest absolute Gasteiger partial charge is 0.310 e. The lowest BCUT2D eigenvalue weighted by Crippen LogP contribution is -2.60. The van der Waals surface area contributed by atoms with Crippen molar-refractivity contribution in [3.05, 3.63) is 0 Å². The van der Waals surface area contributed by atoms with E-state index < -0.39 is 23.0 Å². The van der Waals surface area contributed by atoms with E-state index in [2.05, 4.69) is 16.6 Å². The summed E-state index contributed by atoms with van der Waals surface area (Å²) >= 11 is 0. The average molecular weight is 254 g/mol. The fourth-order valence-electron chi connectivity index (χ4n) is 1.35. The number of rotatable bonds is 6. The van der Waals surface area contributed by atoms with E-state index in [1.54, 1.807) is 34.6 Å².